The van der Waals surface area contributed by atoms with E-state index in [1.807, 2.05) is 25.9 Å². The second-order valence-corrected chi connectivity index (χ2v) is 6.39. The Kier molecular flexibility index (Phi) is 4.13. The first kappa shape index (κ1) is 15.2. The molecule has 0 atom stereocenters. The van der Waals surface area contributed by atoms with E-state index in [1.54, 1.807) is 18.2 Å². The van der Waals surface area contributed by atoms with Gasteiger partial charge in [-0.3, -0.25) is 4.72 Å². The molecular formula is C14H16FN3O2S. The van der Waals surface area contributed by atoms with Gasteiger partial charge >= 0.3 is 0 Å². The monoisotopic (exact) mass is 309 g/mol. The van der Waals surface area contributed by atoms with Gasteiger partial charge in [0.1, 0.15) is 0 Å². The van der Waals surface area contributed by atoms with E-state index >= 15 is 0 Å². The summed E-state index contributed by atoms with van der Waals surface area (Å²) in [6, 6.07) is 7.50. The van der Waals surface area contributed by atoms with Crippen LogP contribution in [0, 0.1) is 12.7 Å². The van der Waals surface area contributed by atoms with Crippen molar-refractivity contribution in [3.63, 3.8) is 0 Å². The summed E-state index contributed by atoms with van der Waals surface area (Å²) in [5, 5.41) is -0.614. The van der Waals surface area contributed by atoms with Gasteiger partial charge in [0.15, 0.2) is 5.82 Å². The first-order valence-electron chi connectivity index (χ1n) is 6.22. The molecule has 0 saturated heterocycles. The van der Waals surface area contributed by atoms with Crippen molar-refractivity contribution in [3.05, 3.63) is 47.9 Å². The lowest BCUT2D eigenvalue weighted by molar-refractivity contribution is 0.557. The van der Waals surface area contributed by atoms with Gasteiger partial charge in [-0.05, 0) is 36.8 Å². The first-order valence-corrected chi connectivity index (χ1v) is 7.71. The number of nitrogens with zero attached hydrogens (tertiary/aromatic N) is 2. The number of hydrogen-bond acceptors (Lipinski definition) is 4. The van der Waals surface area contributed by atoms with Crippen LogP contribution < -0.4 is 9.62 Å². The summed E-state index contributed by atoms with van der Waals surface area (Å²) < 4.78 is 40.2. The largest absolute Gasteiger partial charge is 0.377 e. The first-order chi connectivity index (χ1) is 9.81. The van der Waals surface area contributed by atoms with Crippen molar-refractivity contribution in [1.29, 1.82) is 0 Å². The van der Waals surface area contributed by atoms with Crippen LogP contribution in [0.5, 0.6) is 0 Å². The number of aryl methyl sites for hydroxylation is 1. The van der Waals surface area contributed by atoms with Gasteiger partial charge in [0.25, 0.3) is 10.0 Å². The minimum Gasteiger partial charge on any atom is -0.377 e. The molecule has 0 radical (unpaired) electrons. The molecule has 0 fully saturated rings. The van der Waals surface area contributed by atoms with Crippen molar-refractivity contribution in [2.75, 3.05) is 23.7 Å². The third-order valence-corrected chi connectivity index (χ3v) is 4.24. The number of benzene rings is 1. The Balaban J connectivity index is 2.38. The Labute approximate surface area is 123 Å². The SMILES string of the molecule is Cc1ccc(NS(=O)(=O)c2ncccc2F)cc1N(C)C. The van der Waals surface area contributed by atoms with Gasteiger partial charge in [0.05, 0.1) is 5.69 Å². The summed E-state index contributed by atoms with van der Waals surface area (Å²) in [7, 11) is -0.334. The Morgan fingerprint density at radius 3 is 2.57 bits per heavy atom. The smallest absolute Gasteiger partial charge is 0.282 e. The Bertz CT molecular complexity index is 761. The van der Waals surface area contributed by atoms with Crippen LogP contribution in [0.15, 0.2) is 41.6 Å². The molecule has 0 aliphatic heterocycles. The molecule has 1 aromatic carbocycles. The second-order valence-electron chi connectivity index (χ2n) is 4.79. The topological polar surface area (TPSA) is 62.3 Å². The molecule has 0 unspecified atom stereocenters. The van der Waals surface area contributed by atoms with E-state index in [1.165, 1.54) is 12.3 Å². The number of aromatic nitrogens is 1. The molecule has 0 aliphatic carbocycles. The number of nitrogens with one attached hydrogen (secondary N) is 1. The highest BCUT2D eigenvalue weighted by Crippen LogP contribution is 2.24. The zero-order valence-corrected chi connectivity index (χ0v) is 12.8. The molecule has 2 aromatic rings. The number of anilines is 2. The fourth-order valence-electron chi connectivity index (χ4n) is 1.93. The lowest BCUT2D eigenvalue weighted by Gasteiger charge is -2.17. The van der Waals surface area contributed by atoms with Crippen LogP contribution in [0.25, 0.3) is 0 Å². The van der Waals surface area contributed by atoms with Gasteiger partial charge in [-0.2, -0.15) is 8.42 Å². The zero-order chi connectivity index (χ0) is 15.6. The van der Waals surface area contributed by atoms with E-state index in [-0.39, 0.29) is 0 Å². The standard InChI is InChI=1S/C14H16FN3O2S/c1-10-6-7-11(9-13(10)18(2)3)17-21(19,20)14-12(15)5-4-8-16-14/h4-9,17H,1-3H3. The van der Waals surface area contributed by atoms with E-state index < -0.39 is 20.9 Å². The average molecular weight is 309 g/mol. The number of sulfonamides is 1. The maximum atomic E-state index is 13.6. The fourth-order valence-corrected chi connectivity index (χ4v) is 2.99. The van der Waals surface area contributed by atoms with Crippen molar-refractivity contribution < 1.29 is 12.8 Å². The predicted octanol–water partition coefficient (Wildman–Crippen LogP) is 2.40. The zero-order valence-electron chi connectivity index (χ0n) is 12.0. The van der Waals surface area contributed by atoms with E-state index in [0.29, 0.717) is 5.69 Å². The molecule has 7 heteroatoms. The fraction of sp³-hybridized carbons (Fsp3) is 0.214. The summed E-state index contributed by atoms with van der Waals surface area (Å²) >= 11 is 0. The molecule has 1 heterocycles. The minimum absolute atomic E-state index is 0.356. The maximum absolute atomic E-state index is 13.6. The quantitative estimate of drug-likeness (QED) is 0.942. The molecular weight excluding hydrogens is 293 g/mol. The highest BCUT2D eigenvalue weighted by molar-refractivity contribution is 7.92. The van der Waals surface area contributed by atoms with Crippen LogP contribution in [0.1, 0.15) is 5.56 Å². The Morgan fingerprint density at radius 2 is 1.95 bits per heavy atom. The predicted molar refractivity (Wildman–Crippen MR) is 80.5 cm³/mol. The van der Waals surface area contributed by atoms with Gasteiger partial charge in [-0.15, -0.1) is 0 Å². The van der Waals surface area contributed by atoms with E-state index in [9.17, 15) is 12.8 Å². The molecule has 112 valence electrons. The Morgan fingerprint density at radius 1 is 1.24 bits per heavy atom. The molecule has 0 spiro atoms. The number of halogens is 1. The van der Waals surface area contributed by atoms with Crippen LogP contribution in [0.3, 0.4) is 0 Å². The summed E-state index contributed by atoms with van der Waals surface area (Å²) in [4.78, 5) is 5.45. The van der Waals surface area contributed by atoms with Gasteiger partial charge in [-0.25, -0.2) is 9.37 Å². The van der Waals surface area contributed by atoms with Crippen molar-refractivity contribution in [1.82, 2.24) is 4.98 Å². The lowest BCUT2D eigenvalue weighted by Crippen LogP contribution is -2.17. The van der Waals surface area contributed by atoms with Crippen molar-refractivity contribution in [3.8, 4) is 0 Å². The molecule has 0 aliphatic rings. The van der Waals surface area contributed by atoms with Crippen molar-refractivity contribution >= 4 is 21.4 Å². The van der Waals surface area contributed by atoms with Crippen LogP contribution in [0.2, 0.25) is 0 Å². The average Bonchev–Trinajstić information content (AvgIpc) is 2.40. The van der Waals surface area contributed by atoms with Gasteiger partial charge in [-0.1, -0.05) is 6.07 Å². The lowest BCUT2D eigenvalue weighted by atomic mass is 10.2. The third kappa shape index (κ3) is 3.30. The molecule has 5 nitrogen and oxygen atoms in total. The van der Waals surface area contributed by atoms with E-state index in [0.717, 1.165) is 17.3 Å². The second kappa shape index (κ2) is 5.69. The number of hydrogen-bond donors (Lipinski definition) is 1. The minimum atomic E-state index is -4.05. The maximum Gasteiger partial charge on any atom is 0.282 e. The van der Waals surface area contributed by atoms with Crippen molar-refractivity contribution in [2.24, 2.45) is 0 Å². The summed E-state index contributed by atoms with van der Waals surface area (Å²) in [6.07, 6.45) is 1.23. The third-order valence-electron chi connectivity index (χ3n) is 2.92. The van der Waals surface area contributed by atoms with Crippen LogP contribution in [0.4, 0.5) is 15.8 Å². The molecule has 0 bridgehead atoms. The van der Waals surface area contributed by atoms with Gasteiger partial charge < -0.3 is 4.90 Å². The number of pyridine rings is 1. The van der Waals surface area contributed by atoms with Gasteiger partial charge in [0.2, 0.25) is 5.03 Å². The molecule has 1 aromatic heterocycles. The highest BCUT2D eigenvalue weighted by Gasteiger charge is 2.20. The summed E-state index contributed by atoms with van der Waals surface area (Å²) in [5.74, 6) is -0.884. The van der Waals surface area contributed by atoms with Crippen LogP contribution in [-0.2, 0) is 10.0 Å². The normalized spacial score (nSPS) is 11.2. The Hall–Kier alpha value is -2.15. The molecule has 1 N–H and O–H groups in total. The van der Waals surface area contributed by atoms with Crippen LogP contribution >= 0.6 is 0 Å². The number of rotatable bonds is 4. The molecule has 2 rings (SSSR count). The van der Waals surface area contributed by atoms with Gasteiger partial charge in [0, 0.05) is 26.0 Å². The molecule has 0 amide bonds. The van der Waals surface area contributed by atoms with E-state index in [4.69, 9.17) is 0 Å². The molecule has 21 heavy (non-hydrogen) atoms. The van der Waals surface area contributed by atoms with Crippen LogP contribution in [-0.4, -0.2) is 27.5 Å². The highest BCUT2D eigenvalue weighted by atomic mass is 32.2. The summed E-state index contributed by atoms with van der Waals surface area (Å²) in [5.41, 5.74) is 2.23. The molecule has 0 saturated carbocycles. The van der Waals surface area contributed by atoms with Crippen molar-refractivity contribution in [2.45, 2.75) is 11.9 Å². The van der Waals surface area contributed by atoms with E-state index in [2.05, 4.69) is 9.71 Å². The summed E-state index contributed by atoms with van der Waals surface area (Å²) in [6.45, 7) is 1.92.